The van der Waals surface area contributed by atoms with Crippen molar-refractivity contribution in [3.8, 4) is 0 Å². The minimum absolute atomic E-state index is 0.0211. The molecule has 9 heteroatoms. The summed E-state index contributed by atoms with van der Waals surface area (Å²) in [6.45, 7) is 0. The Morgan fingerprint density at radius 3 is 2.36 bits per heavy atom. The Labute approximate surface area is 135 Å². The number of carbonyl (C=O) groups is 1. The summed E-state index contributed by atoms with van der Waals surface area (Å²) in [7, 11) is -4.27. The molecule has 0 heterocycles. The van der Waals surface area contributed by atoms with Gasteiger partial charge in [0, 0.05) is 5.02 Å². The SMILES string of the molecule is O=C(O)c1ccc(S(=O)(=O)Nc2ccc(Cl)cc2Cl)c(F)c1. The molecule has 0 radical (unpaired) electrons. The van der Waals surface area contributed by atoms with Gasteiger partial charge in [0.25, 0.3) is 10.0 Å². The average Bonchev–Trinajstić information content (AvgIpc) is 2.41. The van der Waals surface area contributed by atoms with Gasteiger partial charge in [-0.1, -0.05) is 23.2 Å². The van der Waals surface area contributed by atoms with Gasteiger partial charge in [0.1, 0.15) is 10.7 Å². The number of halogens is 3. The van der Waals surface area contributed by atoms with Crippen LogP contribution < -0.4 is 4.72 Å². The van der Waals surface area contributed by atoms with Crippen LogP contribution in [0.1, 0.15) is 10.4 Å². The molecule has 0 bridgehead atoms. The molecule has 5 nitrogen and oxygen atoms in total. The lowest BCUT2D eigenvalue weighted by Gasteiger charge is -2.10. The van der Waals surface area contributed by atoms with Crippen LogP contribution in [0, 0.1) is 5.82 Å². The zero-order valence-electron chi connectivity index (χ0n) is 10.7. The van der Waals surface area contributed by atoms with E-state index in [9.17, 15) is 17.6 Å². The predicted octanol–water partition coefficient (Wildman–Crippen LogP) is 3.63. The Balaban J connectivity index is 2.40. The number of aromatic carboxylic acids is 1. The van der Waals surface area contributed by atoms with Crippen molar-refractivity contribution in [3.05, 3.63) is 57.8 Å². The third-order valence-electron chi connectivity index (χ3n) is 2.64. The molecule has 0 saturated heterocycles. The Morgan fingerprint density at radius 1 is 1.14 bits per heavy atom. The van der Waals surface area contributed by atoms with Crippen LogP contribution in [0.25, 0.3) is 0 Å². The zero-order chi connectivity index (χ0) is 16.5. The number of hydrogen-bond acceptors (Lipinski definition) is 3. The van der Waals surface area contributed by atoms with Crippen molar-refractivity contribution < 1.29 is 22.7 Å². The van der Waals surface area contributed by atoms with E-state index in [-0.39, 0.29) is 16.3 Å². The first-order valence-corrected chi connectivity index (χ1v) is 7.95. The average molecular weight is 364 g/mol. The fourth-order valence-corrected chi connectivity index (χ4v) is 3.28. The molecule has 0 aliphatic heterocycles. The van der Waals surface area contributed by atoms with Crippen molar-refractivity contribution in [2.45, 2.75) is 4.90 Å². The number of sulfonamides is 1. The Morgan fingerprint density at radius 2 is 1.82 bits per heavy atom. The van der Waals surface area contributed by atoms with Crippen molar-refractivity contribution >= 4 is 44.9 Å². The van der Waals surface area contributed by atoms with Crippen LogP contribution in [0.3, 0.4) is 0 Å². The molecule has 2 rings (SSSR count). The van der Waals surface area contributed by atoms with Crippen molar-refractivity contribution in [2.24, 2.45) is 0 Å². The molecule has 0 aromatic heterocycles. The van der Waals surface area contributed by atoms with Gasteiger partial charge in [-0.05, 0) is 36.4 Å². The highest BCUT2D eigenvalue weighted by atomic mass is 35.5. The van der Waals surface area contributed by atoms with E-state index < -0.39 is 26.7 Å². The molecule has 0 fully saturated rings. The van der Waals surface area contributed by atoms with E-state index in [1.54, 1.807) is 0 Å². The molecular formula is C13H8Cl2FNO4S. The maximum atomic E-state index is 13.8. The smallest absolute Gasteiger partial charge is 0.335 e. The second kappa shape index (κ2) is 6.12. The summed E-state index contributed by atoms with van der Waals surface area (Å²) >= 11 is 11.5. The molecule has 0 aliphatic carbocycles. The minimum Gasteiger partial charge on any atom is -0.478 e. The van der Waals surface area contributed by atoms with Crippen molar-refractivity contribution in [2.75, 3.05) is 4.72 Å². The summed E-state index contributed by atoms with van der Waals surface area (Å²) < 4.78 is 40.3. The van der Waals surface area contributed by atoms with Crippen LogP contribution >= 0.6 is 23.2 Å². The number of nitrogens with one attached hydrogen (secondary N) is 1. The Bertz CT molecular complexity index is 855. The highest BCUT2D eigenvalue weighted by molar-refractivity contribution is 7.92. The van der Waals surface area contributed by atoms with Gasteiger partial charge in [-0.25, -0.2) is 17.6 Å². The first-order chi connectivity index (χ1) is 10.2. The normalized spacial score (nSPS) is 11.2. The topological polar surface area (TPSA) is 83.5 Å². The Kier molecular flexibility index (Phi) is 4.60. The van der Waals surface area contributed by atoms with Gasteiger partial charge in [0.15, 0.2) is 0 Å². The molecule has 0 unspecified atom stereocenters. The largest absolute Gasteiger partial charge is 0.478 e. The highest BCUT2D eigenvalue weighted by Gasteiger charge is 2.21. The van der Waals surface area contributed by atoms with E-state index in [0.29, 0.717) is 11.1 Å². The molecule has 0 atom stereocenters. The summed E-state index contributed by atoms with van der Waals surface area (Å²) in [5, 5.41) is 9.09. The number of rotatable bonds is 4. The number of anilines is 1. The summed E-state index contributed by atoms with van der Waals surface area (Å²) in [5.41, 5.74) is -0.339. The number of hydrogen-bond donors (Lipinski definition) is 2. The third-order valence-corrected chi connectivity index (χ3v) is 4.59. The summed E-state index contributed by atoms with van der Waals surface area (Å²) in [4.78, 5) is 10.0. The molecule has 116 valence electrons. The summed E-state index contributed by atoms with van der Waals surface area (Å²) in [6, 6.07) is 6.54. The maximum Gasteiger partial charge on any atom is 0.335 e. The first-order valence-electron chi connectivity index (χ1n) is 5.71. The van der Waals surface area contributed by atoms with E-state index in [4.69, 9.17) is 28.3 Å². The maximum absolute atomic E-state index is 13.8. The van der Waals surface area contributed by atoms with Gasteiger partial charge < -0.3 is 5.11 Å². The predicted molar refractivity (Wildman–Crippen MR) is 80.6 cm³/mol. The Hall–Kier alpha value is -1.83. The lowest BCUT2D eigenvalue weighted by molar-refractivity contribution is 0.0696. The fourth-order valence-electron chi connectivity index (χ4n) is 1.62. The molecule has 0 saturated carbocycles. The molecule has 0 spiro atoms. The summed E-state index contributed by atoms with van der Waals surface area (Å²) in [5.74, 6) is -2.55. The molecule has 2 aromatic rings. The second-order valence-electron chi connectivity index (χ2n) is 4.18. The molecule has 22 heavy (non-hydrogen) atoms. The van der Waals surface area contributed by atoms with E-state index in [1.807, 2.05) is 0 Å². The van der Waals surface area contributed by atoms with Gasteiger partial charge in [0.05, 0.1) is 16.3 Å². The monoisotopic (exact) mass is 363 g/mol. The van der Waals surface area contributed by atoms with Crippen LogP contribution in [-0.2, 0) is 10.0 Å². The van der Waals surface area contributed by atoms with Crippen LogP contribution in [0.5, 0.6) is 0 Å². The lowest BCUT2D eigenvalue weighted by Crippen LogP contribution is -2.15. The minimum atomic E-state index is -4.27. The van der Waals surface area contributed by atoms with Crippen LogP contribution in [0.2, 0.25) is 10.0 Å². The molecular weight excluding hydrogens is 356 g/mol. The van der Waals surface area contributed by atoms with E-state index >= 15 is 0 Å². The van der Waals surface area contributed by atoms with Gasteiger partial charge in [-0.15, -0.1) is 0 Å². The molecule has 0 amide bonds. The zero-order valence-corrected chi connectivity index (χ0v) is 13.0. The van der Waals surface area contributed by atoms with Crippen molar-refractivity contribution in [1.29, 1.82) is 0 Å². The molecule has 2 N–H and O–H groups in total. The lowest BCUT2D eigenvalue weighted by atomic mass is 10.2. The van der Waals surface area contributed by atoms with Gasteiger partial charge in [-0.3, -0.25) is 4.72 Å². The fraction of sp³-hybridized carbons (Fsp3) is 0. The number of carboxylic acid groups (broad SMARTS) is 1. The van der Waals surface area contributed by atoms with Crippen molar-refractivity contribution in [3.63, 3.8) is 0 Å². The summed E-state index contributed by atoms with van der Waals surface area (Å²) in [6.07, 6.45) is 0. The van der Waals surface area contributed by atoms with Gasteiger partial charge in [-0.2, -0.15) is 0 Å². The third kappa shape index (κ3) is 3.49. The van der Waals surface area contributed by atoms with Crippen LogP contribution in [-0.4, -0.2) is 19.5 Å². The van der Waals surface area contributed by atoms with E-state index in [1.165, 1.54) is 18.2 Å². The molecule has 0 aliphatic rings. The second-order valence-corrected chi connectivity index (χ2v) is 6.67. The highest BCUT2D eigenvalue weighted by Crippen LogP contribution is 2.28. The first kappa shape index (κ1) is 16.5. The number of carboxylic acids is 1. The van der Waals surface area contributed by atoms with Gasteiger partial charge in [0.2, 0.25) is 0 Å². The van der Waals surface area contributed by atoms with Crippen LogP contribution in [0.4, 0.5) is 10.1 Å². The van der Waals surface area contributed by atoms with E-state index in [2.05, 4.69) is 4.72 Å². The molecule has 2 aromatic carbocycles. The number of benzene rings is 2. The van der Waals surface area contributed by atoms with Gasteiger partial charge >= 0.3 is 5.97 Å². The van der Waals surface area contributed by atoms with E-state index in [0.717, 1.165) is 12.1 Å². The quantitative estimate of drug-likeness (QED) is 0.868. The van der Waals surface area contributed by atoms with Crippen molar-refractivity contribution in [1.82, 2.24) is 0 Å². The van der Waals surface area contributed by atoms with Crippen LogP contribution in [0.15, 0.2) is 41.3 Å². The standard InChI is InChI=1S/C13H8Cl2FNO4S/c14-8-2-3-11(9(15)6-8)17-22(20,21)12-4-1-7(13(18)19)5-10(12)16/h1-6,17H,(H,18,19).